The summed E-state index contributed by atoms with van der Waals surface area (Å²) in [5.41, 5.74) is 8.97. The van der Waals surface area contributed by atoms with Crippen LogP contribution in [0.15, 0.2) is 47.3 Å². The van der Waals surface area contributed by atoms with Gasteiger partial charge >= 0.3 is 11.9 Å². The Balaban J connectivity index is 1.62. The molecule has 2 aromatic heterocycles. The number of alkyl halides is 3. The summed E-state index contributed by atoms with van der Waals surface area (Å²) in [5.74, 6) is -0.445. The first kappa shape index (κ1) is 23.7. The molecule has 0 saturated heterocycles. The Kier molecular flexibility index (Phi) is 5.58. The van der Waals surface area contributed by atoms with E-state index in [1.807, 2.05) is 42.7 Å². The van der Waals surface area contributed by atoms with E-state index in [9.17, 15) is 22.4 Å². The fraction of sp³-hybridized carbons (Fsp3) is 0.423. The minimum Gasteiger partial charge on any atom is -0.343 e. The number of nitrogens with zero attached hydrogens (tertiary/aromatic N) is 3. The van der Waals surface area contributed by atoms with Crippen LogP contribution in [0.1, 0.15) is 56.8 Å². The van der Waals surface area contributed by atoms with Gasteiger partial charge in [0.05, 0.1) is 17.6 Å². The molecule has 0 aliphatic heterocycles. The summed E-state index contributed by atoms with van der Waals surface area (Å²) in [6.45, 7) is 4.04. The minimum atomic E-state index is -4.24. The number of rotatable bonds is 7. The molecule has 1 aliphatic rings. The molecule has 1 fully saturated rings. The van der Waals surface area contributed by atoms with Gasteiger partial charge in [-0.15, -0.1) is 0 Å². The Morgan fingerprint density at radius 2 is 1.69 bits per heavy atom. The van der Waals surface area contributed by atoms with Gasteiger partial charge in [0.25, 0.3) is 0 Å². The van der Waals surface area contributed by atoms with Crippen LogP contribution in [0.3, 0.4) is 0 Å². The number of hydrogen-bond donors (Lipinski definition) is 1. The molecular weight excluding hydrogens is 460 g/mol. The van der Waals surface area contributed by atoms with E-state index in [0.29, 0.717) is 16.7 Å². The molecule has 0 amide bonds. The molecule has 1 saturated carbocycles. The number of nitrogens with two attached hydrogens (primary N) is 1. The van der Waals surface area contributed by atoms with Gasteiger partial charge in [-0.05, 0) is 75.1 Å². The Hall–Kier alpha value is -3.07. The molecule has 0 unspecified atom stereocenters. The van der Waals surface area contributed by atoms with Crippen molar-refractivity contribution >= 4 is 21.9 Å². The zero-order valence-corrected chi connectivity index (χ0v) is 19.7. The molecule has 1 aliphatic carbocycles. The maximum absolute atomic E-state index is 14.1. The topological polar surface area (TPSA) is 57.9 Å². The van der Waals surface area contributed by atoms with Crippen LogP contribution in [0, 0.1) is 5.82 Å². The molecule has 0 atom stereocenters. The molecule has 0 bridgehead atoms. The average molecular weight is 489 g/mol. The molecule has 5 nitrogen and oxygen atoms in total. The first-order valence-corrected chi connectivity index (χ1v) is 11.8. The van der Waals surface area contributed by atoms with Crippen molar-refractivity contribution in [2.75, 3.05) is 0 Å². The smallest absolute Gasteiger partial charge is 0.343 e. The van der Waals surface area contributed by atoms with E-state index < -0.39 is 24.0 Å². The van der Waals surface area contributed by atoms with Crippen LogP contribution in [0.5, 0.6) is 0 Å². The fourth-order valence-corrected chi connectivity index (χ4v) is 4.81. The summed E-state index contributed by atoms with van der Waals surface area (Å²) in [7, 11) is 0. The van der Waals surface area contributed by atoms with Crippen LogP contribution >= 0.6 is 0 Å². The van der Waals surface area contributed by atoms with Crippen molar-refractivity contribution in [3.05, 3.63) is 70.0 Å². The maximum atomic E-state index is 14.1. The van der Waals surface area contributed by atoms with E-state index in [1.165, 1.54) is 16.7 Å². The second-order valence-corrected chi connectivity index (χ2v) is 10.1. The van der Waals surface area contributed by atoms with Crippen LogP contribution in [-0.4, -0.2) is 19.9 Å². The predicted octanol–water partition coefficient (Wildman–Crippen LogP) is 5.82. The predicted molar refractivity (Wildman–Crippen MR) is 128 cm³/mol. The molecule has 186 valence electrons. The highest BCUT2D eigenvalue weighted by Crippen LogP contribution is 2.36. The molecule has 5 rings (SSSR count). The van der Waals surface area contributed by atoms with Crippen molar-refractivity contribution in [1.82, 2.24) is 13.7 Å². The largest absolute Gasteiger partial charge is 0.389 e. The second kappa shape index (κ2) is 8.26. The van der Waals surface area contributed by atoms with Crippen molar-refractivity contribution in [2.24, 2.45) is 5.73 Å². The highest BCUT2D eigenvalue weighted by Gasteiger charge is 2.30. The summed E-state index contributed by atoms with van der Waals surface area (Å²) >= 11 is 0. The summed E-state index contributed by atoms with van der Waals surface area (Å²) in [4.78, 5) is 13.4. The van der Waals surface area contributed by atoms with Gasteiger partial charge in [0.1, 0.15) is 5.82 Å². The summed E-state index contributed by atoms with van der Waals surface area (Å²) in [6.07, 6.45) is -3.44. The van der Waals surface area contributed by atoms with Crippen LogP contribution in [0.2, 0.25) is 0 Å². The fourth-order valence-electron chi connectivity index (χ4n) is 4.81. The van der Waals surface area contributed by atoms with E-state index in [4.69, 9.17) is 5.73 Å². The second-order valence-electron chi connectivity index (χ2n) is 10.1. The van der Waals surface area contributed by atoms with Crippen molar-refractivity contribution < 1.29 is 17.6 Å². The Morgan fingerprint density at radius 1 is 0.971 bits per heavy atom. The zero-order valence-electron chi connectivity index (χ0n) is 19.7. The third-order valence-electron chi connectivity index (χ3n) is 6.73. The Bertz CT molecular complexity index is 1470. The molecule has 0 radical (unpaired) electrons. The maximum Gasteiger partial charge on any atom is 0.389 e. The van der Waals surface area contributed by atoms with E-state index in [1.54, 1.807) is 10.6 Å². The van der Waals surface area contributed by atoms with Crippen LogP contribution in [-0.2, 0) is 18.6 Å². The highest BCUT2D eigenvalue weighted by molar-refractivity contribution is 5.83. The van der Waals surface area contributed by atoms with Crippen molar-refractivity contribution in [1.29, 1.82) is 0 Å². The van der Waals surface area contributed by atoms with Crippen LogP contribution in [0.25, 0.3) is 21.9 Å². The standard InChI is InChI=1S/C26H28F4N4O/c1-25(2,31)17-4-8-21-16(12-17)13-20(32(21)11-3-10-26(28,29)30)15-33-23-14-18(27)5-9-22(23)34(24(33)35)19-6-7-19/h4-5,8-9,12-14,19H,3,6-7,10-11,15,31H2,1-2H3. The van der Waals surface area contributed by atoms with E-state index in [0.717, 1.165) is 29.3 Å². The first-order valence-electron chi connectivity index (χ1n) is 11.8. The molecule has 2 heterocycles. The lowest BCUT2D eigenvalue weighted by Gasteiger charge is -2.19. The van der Waals surface area contributed by atoms with Gasteiger partial charge in [-0.2, -0.15) is 13.2 Å². The number of benzene rings is 2. The number of hydrogen-bond acceptors (Lipinski definition) is 2. The van der Waals surface area contributed by atoms with Crippen LogP contribution in [0.4, 0.5) is 17.6 Å². The van der Waals surface area contributed by atoms with Gasteiger partial charge < -0.3 is 10.3 Å². The molecule has 4 aromatic rings. The van der Waals surface area contributed by atoms with E-state index in [2.05, 4.69) is 0 Å². The summed E-state index contributed by atoms with van der Waals surface area (Å²) in [6, 6.07) is 12.0. The summed E-state index contributed by atoms with van der Waals surface area (Å²) in [5, 5.41) is 0.841. The molecular formula is C26H28F4N4O. The highest BCUT2D eigenvalue weighted by atomic mass is 19.4. The van der Waals surface area contributed by atoms with Crippen LogP contribution < -0.4 is 11.4 Å². The zero-order chi connectivity index (χ0) is 25.1. The van der Waals surface area contributed by atoms with Gasteiger partial charge in [-0.25, -0.2) is 9.18 Å². The van der Waals surface area contributed by atoms with Gasteiger partial charge in [0, 0.05) is 41.1 Å². The average Bonchev–Trinajstić information content (AvgIpc) is 3.48. The normalized spacial score (nSPS) is 14.9. The number of imidazole rings is 1. The van der Waals surface area contributed by atoms with E-state index in [-0.39, 0.29) is 31.2 Å². The van der Waals surface area contributed by atoms with Gasteiger partial charge in [-0.3, -0.25) is 9.13 Å². The molecule has 9 heteroatoms. The lowest BCUT2D eigenvalue weighted by molar-refractivity contribution is -0.135. The SMILES string of the molecule is CC(C)(N)c1ccc2c(c1)cc(Cn1c(=O)n(C3CC3)c3ccc(F)cc31)n2CCCC(F)(F)F. The van der Waals surface area contributed by atoms with Gasteiger partial charge in [0.2, 0.25) is 0 Å². The molecule has 2 aromatic carbocycles. The first-order chi connectivity index (χ1) is 16.4. The third-order valence-corrected chi connectivity index (χ3v) is 6.73. The number of fused-ring (bicyclic) bond motifs is 2. The number of aryl methyl sites for hydroxylation is 1. The van der Waals surface area contributed by atoms with Crippen molar-refractivity contribution in [3.63, 3.8) is 0 Å². The monoisotopic (exact) mass is 488 g/mol. The lowest BCUT2D eigenvalue weighted by atomic mass is 9.95. The van der Waals surface area contributed by atoms with Crippen molar-refractivity contribution in [2.45, 2.75) is 70.4 Å². The van der Waals surface area contributed by atoms with Gasteiger partial charge in [-0.1, -0.05) is 6.07 Å². The van der Waals surface area contributed by atoms with Gasteiger partial charge in [0.15, 0.2) is 0 Å². The number of aromatic nitrogens is 3. The quantitative estimate of drug-likeness (QED) is 0.334. The van der Waals surface area contributed by atoms with E-state index >= 15 is 0 Å². The van der Waals surface area contributed by atoms with Crippen molar-refractivity contribution in [3.8, 4) is 0 Å². The third kappa shape index (κ3) is 4.61. The minimum absolute atomic E-state index is 0.0855. The molecule has 35 heavy (non-hydrogen) atoms. The number of halogens is 4. The molecule has 0 spiro atoms. The molecule has 2 N–H and O–H groups in total. The Labute approximate surface area is 199 Å². The lowest BCUT2D eigenvalue weighted by Crippen LogP contribution is -2.28. The summed E-state index contributed by atoms with van der Waals surface area (Å²) < 4.78 is 57.8. The Morgan fingerprint density at radius 3 is 2.34 bits per heavy atom.